The molecule has 5 aromatic heterocycles. The predicted molar refractivity (Wildman–Crippen MR) is 132 cm³/mol. The number of imidazole rings is 1. The minimum atomic E-state index is -4.71. The van der Waals surface area contributed by atoms with Crippen LogP contribution in [0.15, 0.2) is 47.8 Å². The summed E-state index contributed by atoms with van der Waals surface area (Å²) in [5.41, 5.74) is -1.16. The molecule has 5 aromatic rings. The molecule has 2 N–H and O–H groups in total. The first-order valence-corrected chi connectivity index (χ1v) is 12.0. The van der Waals surface area contributed by atoms with Crippen molar-refractivity contribution in [3.8, 4) is 11.5 Å². The number of anilines is 2. The number of aliphatic hydroxyl groups is 1. The van der Waals surface area contributed by atoms with Gasteiger partial charge in [-0.3, -0.25) is 4.79 Å². The van der Waals surface area contributed by atoms with Gasteiger partial charge in [0.1, 0.15) is 27.6 Å². The Morgan fingerprint density at radius 3 is 2.67 bits per heavy atom. The summed E-state index contributed by atoms with van der Waals surface area (Å²) in [6, 6.07) is 2.89. The summed E-state index contributed by atoms with van der Waals surface area (Å²) in [6.45, 7) is 0. The number of nitrogens with one attached hydrogen (secondary N) is 1. The van der Waals surface area contributed by atoms with Gasteiger partial charge in [0.05, 0.1) is 30.3 Å². The van der Waals surface area contributed by atoms with Gasteiger partial charge in [-0.05, 0) is 31.0 Å². The maximum absolute atomic E-state index is 13.6. The van der Waals surface area contributed by atoms with Crippen LogP contribution in [0.4, 0.5) is 29.2 Å². The highest BCUT2D eigenvalue weighted by molar-refractivity contribution is 6.36. The number of hydrogen-bond donors (Lipinski definition) is 2. The van der Waals surface area contributed by atoms with E-state index < -0.39 is 35.3 Å². The highest BCUT2D eigenvalue weighted by Crippen LogP contribution is 2.38. The Hall–Kier alpha value is -4.17. The van der Waals surface area contributed by atoms with Crippen LogP contribution in [-0.2, 0) is 13.2 Å². The van der Waals surface area contributed by atoms with E-state index in [0.717, 1.165) is 10.8 Å². The van der Waals surface area contributed by atoms with Crippen molar-refractivity contribution < 1.29 is 27.4 Å². The molecule has 0 spiro atoms. The number of pyridine rings is 3. The monoisotopic (exact) mass is 563 g/mol. The Balaban J connectivity index is 1.37. The first kappa shape index (κ1) is 25.1. The van der Waals surface area contributed by atoms with Gasteiger partial charge in [-0.15, -0.1) is 0 Å². The topological polar surface area (TPSA) is 112 Å². The molecule has 1 aliphatic rings. The van der Waals surface area contributed by atoms with Gasteiger partial charge in [-0.2, -0.15) is 23.3 Å². The number of halogens is 5. The highest BCUT2D eigenvalue weighted by atomic mass is 35.5. The third-order valence-electron chi connectivity index (χ3n) is 6.57. The summed E-state index contributed by atoms with van der Waals surface area (Å²) in [5.74, 6) is -0.0577. The van der Waals surface area contributed by atoms with Crippen LogP contribution in [0.3, 0.4) is 0 Å². The van der Waals surface area contributed by atoms with Gasteiger partial charge in [0.15, 0.2) is 17.1 Å². The molecule has 1 fully saturated rings. The predicted octanol–water partition coefficient (Wildman–Crippen LogP) is 4.82. The Bertz CT molecular complexity index is 1810. The number of aromatic nitrogens is 6. The SMILES string of the molecule is Cn1c(Nc2cc(C(F)(F)F)cn([C@H]3C[C@H](O)C3)c2=O)nc2ncc(Oc3cnn4cc(F)ccc34)c(Cl)c21. The molecular formula is C24H18ClF4N7O3. The quantitative estimate of drug-likeness (QED) is 0.295. The maximum atomic E-state index is 13.6. The summed E-state index contributed by atoms with van der Waals surface area (Å²) in [6.07, 6.45) is -0.386. The Morgan fingerprint density at radius 2 is 1.95 bits per heavy atom. The van der Waals surface area contributed by atoms with E-state index in [4.69, 9.17) is 16.3 Å². The van der Waals surface area contributed by atoms with Gasteiger partial charge in [-0.1, -0.05) is 11.6 Å². The van der Waals surface area contributed by atoms with Gasteiger partial charge >= 0.3 is 6.18 Å². The van der Waals surface area contributed by atoms with Crippen molar-refractivity contribution in [2.24, 2.45) is 7.05 Å². The lowest BCUT2D eigenvalue weighted by Crippen LogP contribution is -2.37. The second kappa shape index (κ2) is 8.95. The molecule has 0 atom stereocenters. The number of nitrogens with zero attached hydrogens (tertiary/aromatic N) is 6. The van der Waals surface area contributed by atoms with E-state index >= 15 is 0 Å². The zero-order chi connectivity index (χ0) is 27.6. The number of aliphatic hydroxyl groups excluding tert-OH is 1. The minimum absolute atomic E-state index is 0.0135. The van der Waals surface area contributed by atoms with E-state index in [-0.39, 0.29) is 52.2 Å². The van der Waals surface area contributed by atoms with Crippen LogP contribution in [0.5, 0.6) is 11.5 Å². The molecular weight excluding hydrogens is 546 g/mol. The van der Waals surface area contributed by atoms with Crippen molar-refractivity contribution in [2.45, 2.75) is 31.2 Å². The van der Waals surface area contributed by atoms with Crippen molar-refractivity contribution in [1.82, 2.24) is 28.7 Å². The largest absolute Gasteiger partial charge is 0.450 e. The van der Waals surface area contributed by atoms with Crippen molar-refractivity contribution in [1.29, 1.82) is 0 Å². The normalized spacial score (nSPS) is 17.5. The molecule has 6 rings (SSSR count). The lowest BCUT2D eigenvalue weighted by atomic mass is 9.89. The molecule has 5 heterocycles. The van der Waals surface area contributed by atoms with Gasteiger partial charge in [0.2, 0.25) is 5.95 Å². The molecule has 202 valence electrons. The first-order valence-electron chi connectivity index (χ1n) is 11.6. The van der Waals surface area contributed by atoms with E-state index in [1.165, 1.54) is 39.8 Å². The number of fused-ring (bicyclic) bond motifs is 2. The molecule has 0 aromatic carbocycles. The third kappa shape index (κ3) is 4.34. The van der Waals surface area contributed by atoms with Gasteiger partial charge in [0, 0.05) is 19.3 Å². The molecule has 39 heavy (non-hydrogen) atoms. The van der Waals surface area contributed by atoms with Crippen LogP contribution in [0.1, 0.15) is 24.4 Å². The van der Waals surface area contributed by atoms with E-state index in [0.29, 0.717) is 11.6 Å². The second-order valence-corrected chi connectivity index (χ2v) is 9.53. The van der Waals surface area contributed by atoms with Crippen LogP contribution < -0.4 is 15.6 Å². The van der Waals surface area contributed by atoms with Crippen molar-refractivity contribution in [2.75, 3.05) is 5.32 Å². The molecule has 10 nitrogen and oxygen atoms in total. The molecule has 15 heteroatoms. The zero-order valence-electron chi connectivity index (χ0n) is 19.9. The van der Waals surface area contributed by atoms with Crippen LogP contribution in [0.2, 0.25) is 5.02 Å². The summed E-state index contributed by atoms with van der Waals surface area (Å²) >= 11 is 6.60. The first-order chi connectivity index (χ1) is 18.5. The zero-order valence-corrected chi connectivity index (χ0v) is 20.7. The fourth-order valence-corrected chi connectivity index (χ4v) is 4.75. The molecule has 0 unspecified atom stereocenters. The summed E-state index contributed by atoms with van der Waals surface area (Å²) < 4.78 is 63.9. The summed E-state index contributed by atoms with van der Waals surface area (Å²) in [4.78, 5) is 21.6. The average molecular weight is 564 g/mol. The molecule has 1 aliphatic carbocycles. The van der Waals surface area contributed by atoms with E-state index in [9.17, 15) is 27.5 Å². The number of hydrogen-bond acceptors (Lipinski definition) is 7. The van der Waals surface area contributed by atoms with Gasteiger partial charge < -0.3 is 24.3 Å². The smallest absolute Gasteiger partial charge is 0.417 e. The second-order valence-electron chi connectivity index (χ2n) is 9.15. The lowest BCUT2D eigenvalue weighted by molar-refractivity contribution is -0.138. The number of ether oxygens (including phenoxy) is 1. The molecule has 0 amide bonds. The summed E-state index contributed by atoms with van der Waals surface area (Å²) in [7, 11) is 1.54. The molecule has 0 aliphatic heterocycles. The van der Waals surface area contributed by atoms with Crippen LogP contribution in [0.25, 0.3) is 16.7 Å². The van der Waals surface area contributed by atoms with Crippen LogP contribution in [-0.4, -0.2) is 39.9 Å². The molecule has 0 saturated heterocycles. The maximum Gasteiger partial charge on any atom is 0.417 e. The fourth-order valence-electron chi connectivity index (χ4n) is 4.45. The Labute approximate surface area is 221 Å². The number of alkyl halides is 3. The third-order valence-corrected chi connectivity index (χ3v) is 6.93. The van der Waals surface area contributed by atoms with E-state index in [1.807, 2.05) is 0 Å². The average Bonchev–Trinajstić information content (AvgIpc) is 3.39. The van der Waals surface area contributed by atoms with Gasteiger partial charge in [0.25, 0.3) is 5.56 Å². The van der Waals surface area contributed by atoms with Crippen LogP contribution in [0, 0.1) is 5.82 Å². The Kier molecular flexibility index (Phi) is 5.77. The fraction of sp³-hybridized carbons (Fsp3) is 0.250. The van der Waals surface area contributed by atoms with Crippen LogP contribution >= 0.6 is 11.6 Å². The number of rotatable bonds is 5. The Morgan fingerprint density at radius 1 is 1.18 bits per heavy atom. The standard InChI is InChI=1S/C24H18ClF4N7O3/c1-34-20-19(25)18(39-17-8-31-36-10-12(26)2-3-16(17)36)7-30-21(20)33-23(34)32-15-4-11(24(27,28)29)9-35(22(15)38)13-5-14(37)6-13/h2-4,7-10,13-14,37H,5-6H2,1H3,(H,30,32,33)/t13-,14-. The molecule has 1 saturated carbocycles. The molecule has 0 bridgehead atoms. The van der Waals surface area contributed by atoms with Crippen molar-refractivity contribution in [3.05, 3.63) is 69.7 Å². The van der Waals surface area contributed by atoms with Gasteiger partial charge in [-0.25, -0.2) is 13.9 Å². The van der Waals surface area contributed by atoms with E-state index in [2.05, 4.69) is 20.4 Å². The minimum Gasteiger partial charge on any atom is -0.450 e. The van der Waals surface area contributed by atoms with Crippen molar-refractivity contribution in [3.63, 3.8) is 0 Å². The lowest BCUT2D eigenvalue weighted by Gasteiger charge is -2.33. The molecule has 0 radical (unpaired) electrons. The van der Waals surface area contributed by atoms with Crippen molar-refractivity contribution >= 4 is 39.9 Å². The van der Waals surface area contributed by atoms with E-state index in [1.54, 1.807) is 7.05 Å². The number of aryl methyl sites for hydroxylation is 1. The summed E-state index contributed by atoms with van der Waals surface area (Å²) in [5, 5.41) is 16.4. The highest BCUT2D eigenvalue weighted by Gasteiger charge is 2.36.